The fourth-order valence-corrected chi connectivity index (χ4v) is 3.13. The summed E-state index contributed by atoms with van der Waals surface area (Å²) in [4.78, 5) is 52.0. The molecule has 0 spiro atoms. The van der Waals surface area contributed by atoms with Gasteiger partial charge in [0.05, 0.1) is 12.8 Å². The average Bonchev–Trinajstić information content (AvgIpc) is 2.70. The van der Waals surface area contributed by atoms with E-state index in [2.05, 4.69) is 6.92 Å². The number of nitrogens with zero attached hydrogens (tertiary/aromatic N) is 4. The first-order chi connectivity index (χ1) is 14.9. The highest BCUT2D eigenvalue weighted by molar-refractivity contribution is 5.87. The Labute approximate surface area is 183 Å². The van der Waals surface area contributed by atoms with Crippen LogP contribution in [0.4, 0.5) is 4.39 Å². The highest BCUT2D eigenvalue weighted by Crippen LogP contribution is 2.21. The van der Waals surface area contributed by atoms with E-state index in [1.807, 2.05) is 0 Å². The topological polar surface area (TPSA) is 190 Å². The lowest BCUT2D eigenvalue weighted by molar-refractivity contribution is -0.619. The van der Waals surface area contributed by atoms with Gasteiger partial charge in [0.15, 0.2) is 0 Å². The number of allylic oxidation sites excluding steroid dienone is 1. The van der Waals surface area contributed by atoms with Gasteiger partial charge in [0.2, 0.25) is 6.04 Å². The van der Waals surface area contributed by atoms with E-state index < -0.39 is 68.3 Å². The lowest BCUT2D eigenvalue weighted by Gasteiger charge is -2.16. The molecule has 0 amide bonds. The van der Waals surface area contributed by atoms with E-state index in [9.17, 15) is 49.6 Å². The summed E-state index contributed by atoms with van der Waals surface area (Å²) in [5.41, 5.74) is 0. The first-order valence-electron chi connectivity index (χ1n) is 10.4. The molecule has 0 aromatic rings. The van der Waals surface area contributed by atoms with Crippen LogP contribution >= 0.6 is 0 Å². The number of rotatable bonds is 18. The second kappa shape index (κ2) is 14.9. The minimum Gasteiger partial charge on any atom is -0.284 e. The van der Waals surface area contributed by atoms with Gasteiger partial charge in [-0.2, -0.15) is 0 Å². The van der Waals surface area contributed by atoms with Crippen LogP contribution in [0, 0.1) is 40.5 Å². The van der Waals surface area contributed by atoms with E-state index in [1.54, 1.807) is 0 Å². The Balaban J connectivity index is 5.29. The van der Waals surface area contributed by atoms with Crippen molar-refractivity contribution in [1.29, 1.82) is 0 Å². The molecule has 182 valence electrons. The molecule has 0 N–H and O–H groups in total. The predicted octanol–water partition coefficient (Wildman–Crippen LogP) is 3.54. The van der Waals surface area contributed by atoms with Gasteiger partial charge in [0.25, 0.3) is 17.9 Å². The molecule has 0 saturated heterocycles. The molecule has 0 aromatic heterocycles. The molecule has 14 heteroatoms. The monoisotopic (exact) mass is 464 g/mol. The summed E-state index contributed by atoms with van der Waals surface area (Å²) in [6.45, 7) is 2.80. The van der Waals surface area contributed by atoms with E-state index in [-0.39, 0.29) is 0 Å². The highest BCUT2D eigenvalue weighted by Gasteiger charge is 2.53. The van der Waals surface area contributed by atoms with Crippen molar-refractivity contribution in [1.82, 2.24) is 0 Å². The van der Waals surface area contributed by atoms with Crippen LogP contribution < -0.4 is 0 Å². The van der Waals surface area contributed by atoms with E-state index in [1.165, 1.54) is 0 Å². The molecule has 0 saturated carbocycles. The summed E-state index contributed by atoms with van der Waals surface area (Å²) in [7, 11) is 0. The fourth-order valence-electron chi connectivity index (χ4n) is 3.13. The van der Waals surface area contributed by atoms with Crippen LogP contribution in [0.2, 0.25) is 0 Å². The minimum atomic E-state index is -2.66. The van der Waals surface area contributed by atoms with Gasteiger partial charge in [-0.1, -0.05) is 45.1 Å². The van der Waals surface area contributed by atoms with Crippen LogP contribution in [-0.2, 0) is 4.79 Å². The van der Waals surface area contributed by atoms with Gasteiger partial charge in [-0.3, -0.25) is 45.3 Å². The highest BCUT2D eigenvalue weighted by atomic mass is 19.1. The SMILES string of the molecule is CCCCCCCCC=C(F)CC(CC(C(C(=O)C(C)[N+](=O)[O-])[N+](=O)[O-])[N+](=O)[O-])[N+](=O)[O-]. The summed E-state index contributed by atoms with van der Waals surface area (Å²) in [6, 6.07) is -9.10. The molecule has 0 aromatic carbocycles. The Kier molecular flexibility index (Phi) is 13.4. The fraction of sp³-hybridized carbons (Fsp3) is 0.833. The summed E-state index contributed by atoms with van der Waals surface area (Å²) in [5, 5.41) is 44.7. The van der Waals surface area contributed by atoms with E-state index in [4.69, 9.17) is 0 Å². The number of hydrogen-bond donors (Lipinski definition) is 0. The van der Waals surface area contributed by atoms with Crippen molar-refractivity contribution in [2.45, 2.75) is 95.8 Å². The van der Waals surface area contributed by atoms with Crippen LogP contribution in [0.15, 0.2) is 11.9 Å². The molecule has 0 bridgehead atoms. The zero-order chi connectivity index (χ0) is 24.8. The first-order valence-corrected chi connectivity index (χ1v) is 10.4. The van der Waals surface area contributed by atoms with Crippen molar-refractivity contribution in [3.8, 4) is 0 Å². The maximum absolute atomic E-state index is 14.1. The maximum Gasteiger partial charge on any atom is 0.343 e. The van der Waals surface area contributed by atoms with Gasteiger partial charge in [-0.15, -0.1) is 0 Å². The van der Waals surface area contributed by atoms with Gasteiger partial charge in [0.1, 0.15) is 5.83 Å². The summed E-state index contributed by atoms with van der Waals surface area (Å²) in [6.07, 6.45) is 5.22. The third-order valence-electron chi connectivity index (χ3n) is 5.05. The van der Waals surface area contributed by atoms with Crippen molar-refractivity contribution >= 4 is 5.78 Å². The summed E-state index contributed by atoms with van der Waals surface area (Å²) >= 11 is 0. The van der Waals surface area contributed by atoms with Gasteiger partial charge < -0.3 is 0 Å². The van der Waals surface area contributed by atoms with Gasteiger partial charge in [-0.25, -0.2) is 4.39 Å². The normalized spacial score (nSPS) is 15.4. The second-order valence-corrected chi connectivity index (χ2v) is 7.53. The number of halogens is 1. The molecular weight excluding hydrogens is 435 g/mol. The number of hydrogen-bond acceptors (Lipinski definition) is 9. The molecule has 0 rings (SSSR count). The minimum absolute atomic E-state index is 0.317. The first kappa shape index (κ1) is 28.9. The predicted molar refractivity (Wildman–Crippen MR) is 110 cm³/mol. The lowest BCUT2D eigenvalue weighted by atomic mass is 9.93. The van der Waals surface area contributed by atoms with Crippen molar-refractivity contribution in [2.24, 2.45) is 0 Å². The molecule has 0 fully saturated rings. The number of ketones is 1. The Morgan fingerprint density at radius 3 is 1.91 bits per heavy atom. The molecule has 0 aliphatic heterocycles. The Morgan fingerprint density at radius 2 is 1.44 bits per heavy atom. The Bertz CT molecular complexity index is 717. The van der Waals surface area contributed by atoms with Crippen LogP contribution in [0.5, 0.6) is 0 Å². The molecule has 0 radical (unpaired) electrons. The number of carbonyl (C=O) groups is 1. The van der Waals surface area contributed by atoms with E-state index in [0.29, 0.717) is 12.8 Å². The van der Waals surface area contributed by atoms with Crippen molar-refractivity contribution in [3.63, 3.8) is 0 Å². The van der Waals surface area contributed by atoms with Crippen molar-refractivity contribution in [3.05, 3.63) is 52.4 Å². The van der Waals surface area contributed by atoms with E-state index in [0.717, 1.165) is 45.1 Å². The molecule has 32 heavy (non-hydrogen) atoms. The average molecular weight is 464 g/mol. The van der Waals surface area contributed by atoms with Crippen LogP contribution in [0.1, 0.15) is 71.6 Å². The van der Waals surface area contributed by atoms with Crippen LogP contribution in [0.3, 0.4) is 0 Å². The Hall–Kier alpha value is -3.06. The largest absolute Gasteiger partial charge is 0.343 e. The molecule has 13 nitrogen and oxygen atoms in total. The number of Topliss-reactive ketones (excluding diaryl/α,β-unsaturated/α-hetero) is 1. The molecule has 0 aliphatic carbocycles. The molecule has 4 unspecified atom stereocenters. The molecule has 0 heterocycles. The van der Waals surface area contributed by atoms with E-state index >= 15 is 0 Å². The zero-order valence-electron chi connectivity index (χ0n) is 18.1. The molecule has 4 atom stereocenters. The number of carbonyl (C=O) groups excluding carboxylic acids is 1. The van der Waals surface area contributed by atoms with Crippen molar-refractivity contribution < 1.29 is 28.9 Å². The van der Waals surface area contributed by atoms with Gasteiger partial charge >= 0.3 is 6.04 Å². The lowest BCUT2D eigenvalue weighted by Crippen LogP contribution is -2.51. The quantitative estimate of drug-likeness (QED) is 0.166. The third kappa shape index (κ3) is 10.3. The van der Waals surface area contributed by atoms with Gasteiger partial charge in [0, 0.05) is 26.6 Å². The van der Waals surface area contributed by atoms with Crippen LogP contribution in [-0.4, -0.2) is 49.6 Å². The maximum atomic E-state index is 14.1. The zero-order valence-corrected chi connectivity index (χ0v) is 18.1. The summed E-state index contributed by atoms with van der Waals surface area (Å²) in [5.74, 6) is -2.53. The van der Waals surface area contributed by atoms with Crippen LogP contribution in [0.25, 0.3) is 0 Å². The third-order valence-corrected chi connectivity index (χ3v) is 5.05. The molecular formula is C18H29FN4O9. The van der Waals surface area contributed by atoms with Crippen molar-refractivity contribution in [2.75, 3.05) is 0 Å². The van der Waals surface area contributed by atoms with Gasteiger partial charge in [-0.05, 0) is 12.8 Å². The molecule has 0 aliphatic rings. The second-order valence-electron chi connectivity index (χ2n) is 7.53. The number of nitro groups is 4. The Morgan fingerprint density at radius 1 is 0.875 bits per heavy atom. The summed E-state index contributed by atoms with van der Waals surface area (Å²) < 4.78 is 14.1. The number of unbranched alkanes of at least 4 members (excludes halogenated alkanes) is 6. The smallest absolute Gasteiger partial charge is 0.284 e. The standard InChI is InChI=1S/C18H29FN4O9/c1-3-4-5-6-7-8-9-10-14(19)11-15(21(27)28)12-16(22(29)30)17(23(31)32)18(24)13(2)20(25)26/h10,13,15-17H,3-9,11-12H2,1-2H3.